The second kappa shape index (κ2) is 5.80. The maximum Gasteiger partial charge on any atom is 0.225 e. The van der Waals surface area contributed by atoms with Crippen molar-refractivity contribution < 1.29 is 9.84 Å². The molecule has 0 amide bonds. The van der Waals surface area contributed by atoms with Crippen molar-refractivity contribution in [1.29, 1.82) is 0 Å². The van der Waals surface area contributed by atoms with Gasteiger partial charge in [0.15, 0.2) is 0 Å². The molecule has 2 aromatic rings. The number of benzene rings is 1. The lowest BCUT2D eigenvalue weighted by molar-refractivity contribution is 0.297. The van der Waals surface area contributed by atoms with E-state index in [1.807, 2.05) is 31.2 Å². The number of rotatable bonds is 4. The second-order valence-electron chi connectivity index (χ2n) is 3.80. The van der Waals surface area contributed by atoms with E-state index in [9.17, 15) is 0 Å². The summed E-state index contributed by atoms with van der Waals surface area (Å²) in [5.74, 6) is 1.07. The Hall–Kier alpha value is -1.65. The van der Waals surface area contributed by atoms with Crippen LogP contribution in [-0.4, -0.2) is 21.7 Å². The molecular formula is C13H13ClN2O2. The van der Waals surface area contributed by atoms with E-state index < -0.39 is 0 Å². The molecule has 0 radical (unpaired) electrons. The van der Waals surface area contributed by atoms with Gasteiger partial charge in [-0.25, -0.2) is 4.98 Å². The maximum atomic E-state index is 9.00. The average Bonchev–Trinajstić information content (AvgIpc) is 2.30. The molecular weight excluding hydrogens is 252 g/mol. The number of para-hydroxylation sites is 1. The molecule has 4 nitrogen and oxygen atoms in total. The van der Waals surface area contributed by atoms with Crippen molar-refractivity contribution in [2.45, 2.75) is 13.3 Å². The Morgan fingerprint density at radius 2 is 2.06 bits per heavy atom. The first-order chi connectivity index (χ1) is 8.69. The molecule has 1 heterocycles. The maximum absolute atomic E-state index is 9.00. The molecule has 0 saturated heterocycles. The number of hydrogen-bond donors (Lipinski definition) is 1. The van der Waals surface area contributed by atoms with E-state index in [0.717, 1.165) is 11.3 Å². The standard InChI is InChI=1S/C13H13ClN2O2/c1-9-8-12(16-13(14)15-9)18-11-5-3-2-4-10(11)6-7-17/h2-5,8,17H,6-7H2,1H3. The quantitative estimate of drug-likeness (QED) is 0.863. The summed E-state index contributed by atoms with van der Waals surface area (Å²) in [6, 6.07) is 9.21. The number of nitrogens with zero attached hydrogens (tertiary/aromatic N) is 2. The van der Waals surface area contributed by atoms with Gasteiger partial charge in [-0.1, -0.05) is 18.2 Å². The van der Waals surface area contributed by atoms with Gasteiger partial charge < -0.3 is 9.84 Å². The highest BCUT2D eigenvalue weighted by atomic mass is 35.5. The third kappa shape index (κ3) is 3.18. The zero-order valence-electron chi connectivity index (χ0n) is 9.93. The molecule has 1 aromatic heterocycles. The summed E-state index contributed by atoms with van der Waals surface area (Å²) in [4.78, 5) is 7.97. The SMILES string of the molecule is Cc1cc(Oc2ccccc2CCO)nc(Cl)n1. The number of hydrogen-bond acceptors (Lipinski definition) is 4. The minimum Gasteiger partial charge on any atom is -0.439 e. The van der Waals surface area contributed by atoms with Crippen LogP contribution in [0.4, 0.5) is 0 Å². The average molecular weight is 265 g/mol. The molecule has 0 fully saturated rings. The zero-order chi connectivity index (χ0) is 13.0. The third-order valence-electron chi connectivity index (χ3n) is 2.37. The van der Waals surface area contributed by atoms with E-state index in [0.29, 0.717) is 18.1 Å². The van der Waals surface area contributed by atoms with Gasteiger partial charge in [0.05, 0.1) is 0 Å². The summed E-state index contributed by atoms with van der Waals surface area (Å²) in [5.41, 5.74) is 1.66. The number of aliphatic hydroxyl groups excluding tert-OH is 1. The topological polar surface area (TPSA) is 55.2 Å². The lowest BCUT2D eigenvalue weighted by atomic mass is 10.1. The smallest absolute Gasteiger partial charge is 0.225 e. The fourth-order valence-electron chi connectivity index (χ4n) is 1.60. The Kier molecular flexibility index (Phi) is 4.12. The van der Waals surface area contributed by atoms with Gasteiger partial charge >= 0.3 is 0 Å². The molecule has 5 heteroatoms. The van der Waals surface area contributed by atoms with E-state index in [2.05, 4.69) is 9.97 Å². The molecule has 94 valence electrons. The number of aromatic nitrogens is 2. The van der Waals surface area contributed by atoms with Crippen LogP contribution in [0.3, 0.4) is 0 Å². The molecule has 0 bridgehead atoms. The molecule has 0 atom stereocenters. The Morgan fingerprint density at radius 1 is 1.28 bits per heavy atom. The first kappa shape index (κ1) is 12.8. The number of ether oxygens (including phenoxy) is 1. The molecule has 0 aliphatic heterocycles. The van der Waals surface area contributed by atoms with Crippen LogP contribution >= 0.6 is 11.6 Å². The van der Waals surface area contributed by atoms with Crippen LogP contribution in [0.1, 0.15) is 11.3 Å². The van der Waals surface area contributed by atoms with Gasteiger partial charge in [-0.15, -0.1) is 0 Å². The van der Waals surface area contributed by atoms with E-state index in [1.54, 1.807) is 6.07 Å². The van der Waals surface area contributed by atoms with Crippen molar-refractivity contribution in [3.63, 3.8) is 0 Å². The van der Waals surface area contributed by atoms with Crippen molar-refractivity contribution in [1.82, 2.24) is 9.97 Å². The Labute approximate surface area is 110 Å². The molecule has 0 spiro atoms. The molecule has 0 saturated carbocycles. The Balaban J connectivity index is 2.27. The highest BCUT2D eigenvalue weighted by molar-refractivity contribution is 6.28. The van der Waals surface area contributed by atoms with E-state index >= 15 is 0 Å². The summed E-state index contributed by atoms with van der Waals surface area (Å²) in [6.45, 7) is 1.89. The van der Waals surface area contributed by atoms with Crippen LogP contribution in [0.2, 0.25) is 5.28 Å². The molecule has 0 aliphatic carbocycles. The summed E-state index contributed by atoms with van der Waals surface area (Å²) >= 11 is 5.78. The first-order valence-corrected chi connectivity index (χ1v) is 5.94. The number of aryl methyl sites for hydroxylation is 1. The Morgan fingerprint density at radius 3 is 2.78 bits per heavy atom. The van der Waals surface area contributed by atoms with Gasteiger partial charge in [-0.3, -0.25) is 0 Å². The van der Waals surface area contributed by atoms with Crippen molar-refractivity contribution >= 4 is 11.6 Å². The number of halogens is 1. The zero-order valence-corrected chi connectivity index (χ0v) is 10.7. The fourth-order valence-corrected chi connectivity index (χ4v) is 1.82. The molecule has 2 rings (SSSR count). The molecule has 1 aromatic carbocycles. The van der Waals surface area contributed by atoms with Gasteiger partial charge in [0, 0.05) is 18.4 Å². The van der Waals surface area contributed by atoms with Gasteiger partial charge in [0.1, 0.15) is 5.75 Å². The van der Waals surface area contributed by atoms with Crippen molar-refractivity contribution in [3.8, 4) is 11.6 Å². The van der Waals surface area contributed by atoms with Gasteiger partial charge in [0.2, 0.25) is 11.2 Å². The molecule has 1 N–H and O–H groups in total. The van der Waals surface area contributed by atoms with E-state index in [1.165, 1.54) is 0 Å². The molecule has 0 unspecified atom stereocenters. The summed E-state index contributed by atoms with van der Waals surface area (Å²) in [5, 5.41) is 9.15. The van der Waals surface area contributed by atoms with Crippen LogP contribution in [0, 0.1) is 6.92 Å². The second-order valence-corrected chi connectivity index (χ2v) is 4.14. The lowest BCUT2D eigenvalue weighted by Crippen LogP contribution is -1.97. The van der Waals surface area contributed by atoms with Crippen molar-refractivity contribution in [2.24, 2.45) is 0 Å². The van der Waals surface area contributed by atoms with Crippen molar-refractivity contribution in [2.75, 3.05) is 6.61 Å². The normalized spacial score (nSPS) is 10.4. The fraction of sp³-hybridized carbons (Fsp3) is 0.231. The monoisotopic (exact) mass is 264 g/mol. The minimum atomic E-state index is 0.0733. The highest BCUT2D eigenvalue weighted by Gasteiger charge is 2.06. The predicted octanol–water partition coefficient (Wildman–Crippen LogP) is 2.77. The van der Waals surface area contributed by atoms with Crippen LogP contribution in [0.5, 0.6) is 11.6 Å². The van der Waals surface area contributed by atoms with Crippen LogP contribution in [-0.2, 0) is 6.42 Å². The highest BCUT2D eigenvalue weighted by Crippen LogP contribution is 2.25. The lowest BCUT2D eigenvalue weighted by Gasteiger charge is -2.09. The Bertz CT molecular complexity index is 526. The number of aliphatic hydroxyl groups is 1. The summed E-state index contributed by atoms with van der Waals surface area (Å²) < 4.78 is 5.68. The molecule has 18 heavy (non-hydrogen) atoms. The van der Waals surface area contributed by atoms with Crippen molar-refractivity contribution in [3.05, 3.63) is 46.9 Å². The van der Waals surface area contributed by atoms with Gasteiger partial charge in [0.25, 0.3) is 0 Å². The largest absolute Gasteiger partial charge is 0.439 e. The minimum absolute atomic E-state index is 0.0733. The summed E-state index contributed by atoms with van der Waals surface area (Å²) in [7, 11) is 0. The van der Waals surface area contributed by atoms with Crippen LogP contribution < -0.4 is 4.74 Å². The van der Waals surface area contributed by atoms with Crippen LogP contribution in [0.25, 0.3) is 0 Å². The van der Waals surface area contributed by atoms with E-state index in [4.69, 9.17) is 21.4 Å². The van der Waals surface area contributed by atoms with E-state index in [-0.39, 0.29) is 11.9 Å². The summed E-state index contributed by atoms with van der Waals surface area (Å²) in [6.07, 6.45) is 0.536. The third-order valence-corrected chi connectivity index (χ3v) is 2.54. The molecule has 0 aliphatic rings. The van der Waals surface area contributed by atoms with Gasteiger partial charge in [-0.05, 0) is 36.6 Å². The van der Waals surface area contributed by atoms with Crippen LogP contribution in [0.15, 0.2) is 30.3 Å². The van der Waals surface area contributed by atoms with Gasteiger partial charge in [-0.2, -0.15) is 4.98 Å². The predicted molar refractivity (Wildman–Crippen MR) is 69.1 cm³/mol. The first-order valence-electron chi connectivity index (χ1n) is 5.57.